The number of alkyl halides is 3. The van der Waals surface area contributed by atoms with Crippen molar-refractivity contribution in [1.29, 1.82) is 0 Å². The number of nitrogens with one attached hydrogen (secondary N) is 1. The van der Waals surface area contributed by atoms with Crippen molar-refractivity contribution in [2.45, 2.75) is 50.1 Å². The molecule has 1 atom stereocenters. The van der Waals surface area contributed by atoms with Crippen molar-refractivity contribution in [2.75, 3.05) is 10.8 Å². The SMILES string of the molecule is CC(C(=O)NC1CCC(F)(F)CC1)(c1cnccn1)N(C(=O)CCl)c1ccc(-c2ccns2)cc1. The van der Waals surface area contributed by atoms with Crippen molar-refractivity contribution < 1.29 is 18.4 Å². The van der Waals surface area contributed by atoms with Gasteiger partial charge in [0.1, 0.15) is 5.88 Å². The summed E-state index contributed by atoms with van der Waals surface area (Å²) in [6.07, 6.45) is 5.68. The molecule has 1 aliphatic carbocycles. The second kappa shape index (κ2) is 10.3. The highest BCUT2D eigenvalue weighted by molar-refractivity contribution is 7.09. The molecule has 1 fully saturated rings. The van der Waals surface area contributed by atoms with Gasteiger partial charge in [-0.3, -0.25) is 24.5 Å². The number of anilines is 1. The molecule has 3 aromatic rings. The molecule has 1 aliphatic rings. The van der Waals surface area contributed by atoms with Crippen molar-refractivity contribution in [3.63, 3.8) is 0 Å². The van der Waals surface area contributed by atoms with Crippen LogP contribution in [0.15, 0.2) is 55.1 Å². The van der Waals surface area contributed by atoms with E-state index in [1.54, 1.807) is 25.3 Å². The van der Waals surface area contributed by atoms with Gasteiger partial charge in [-0.15, -0.1) is 11.6 Å². The Bertz CT molecular complexity index is 1150. The van der Waals surface area contributed by atoms with E-state index in [0.717, 1.165) is 10.4 Å². The zero-order valence-electron chi connectivity index (χ0n) is 19.0. The first kappa shape index (κ1) is 25.1. The second-order valence-corrected chi connectivity index (χ2v) is 9.65. The number of nitrogens with zero attached hydrogens (tertiary/aromatic N) is 4. The topological polar surface area (TPSA) is 88.1 Å². The maximum atomic E-state index is 13.8. The fourth-order valence-electron chi connectivity index (χ4n) is 4.24. The molecule has 2 aromatic heterocycles. The molecule has 4 rings (SSSR count). The molecule has 184 valence electrons. The number of aromatic nitrogens is 3. The highest BCUT2D eigenvalue weighted by atomic mass is 35.5. The van der Waals surface area contributed by atoms with Crippen LogP contribution in [-0.4, -0.2) is 44.0 Å². The molecular weight excluding hydrogens is 496 g/mol. The van der Waals surface area contributed by atoms with Crippen LogP contribution in [0.3, 0.4) is 0 Å². The van der Waals surface area contributed by atoms with Gasteiger partial charge in [0.25, 0.3) is 5.91 Å². The van der Waals surface area contributed by atoms with Crippen molar-refractivity contribution in [1.82, 2.24) is 19.7 Å². The molecule has 0 bridgehead atoms. The summed E-state index contributed by atoms with van der Waals surface area (Å²) < 4.78 is 31.4. The van der Waals surface area contributed by atoms with Crippen molar-refractivity contribution >= 4 is 40.6 Å². The predicted molar refractivity (Wildman–Crippen MR) is 130 cm³/mol. The Labute approximate surface area is 210 Å². The van der Waals surface area contributed by atoms with Crippen LogP contribution in [0.1, 0.15) is 38.3 Å². The number of rotatable bonds is 7. The zero-order valence-corrected chi connectivity index (χ0v) is 20.5. The zero-order chi connectivity index (χ0) is 25.1. The van der Waals surface area contributed by atoms with Gasteiger partial charge in [0, 0.05) is 43.2 Å². The summed E-state index contributed by atoms with van der Waals surface area (Å²) in [5.74, 6) is -4.17. The lowest BCUT2D eigenvalue weighted by atomic mass is 9.89. The average Bonchev–Trinajstić information content (AvgIpc) is 3.41. The molecule has 2 heterocycles. The molecule has 35 heavy (non-hydrogen) atoms. The molecule has 1 saturated carbocycles. The highest BCUT2D eigenvalue weighted by Crippen LogP contribution is 2.37. The molecular formula is C24H24ClF2N5O2S. The van der Waals surface area contributed by atoms with Crippen LogP contribution in [0, 0.1) is 0 Å². The van der Waals surface area contributed by atoms with Gasteiger partial charge in [0.2, 0.25) is 11.8 Å². The van der Waals surface area contributed by atoms with Crippen LogP contribution < -0.4 is 10.2 Å². The third-order valence-corrected chi connectivity index (χ3v) is 7.24. The minimum atomic E-state index is -2.73. The summed E-state index contributed by atoms with van der Waals surface area (Å²) >= 11 is 7.32. The van der Waals surface area contributed by atoms with Crippen molar-refractivity contribution in [2.24, 2.45) is 0 Å². The van der Waals surface area contributed by atoms with Gasteiger partial charge in [-0.2, -0.15) is 0 Å². The number of hydrogen-bond donors (Lipinski definition) is 1. The minimum Gasteiger partial charge on any atom is -0.351 e. The van der Waals surface area contributed by atoms with Crippen LogP contribution in [-0.2, 0) is 15.1 Å². The lowest BCUT2D eigenvalue weighted by Gasteiger charge is -2.40. The monoisotopic (exact) mass is 519 g/mol. The number of carbonyl (C=O) groups is 2. The van der Waals surface area contributed by atoms with Gasteiger partial charge < -0.3 is 5.32 Å². The fraction of sp³-hybridized carbons (Fsp3) is 0.375. The molecule has 0 spiro atoms. The summed E-state index contributed by atoms with van der Waals surface area (Å²) in [4.78, 5) is 37.6. The lowest BCUT2D eigenvalue weighted by molar-refractivity contribution is -0.131. The molecule has 7 nitrogen and oxygen atoms in total. The Morgan fingerprint density at radius 3 is 2.46 bits per heavy atom. The Hall–Kier alpha value is -2.98. The number of carbonyl (C=O) groups excluding carboxylic acids is 2. The molecule has 2 amide bonds. The molecule has 1 N–H and O–H groups in total. The highest BCUT2D eigenvalue weighted by Gasteiger charge is 2.47. The predicted octanol–water partition coefficient (Wildman–Crippen LogP) is 4.78. The quantitative estimate of drug-likeness (QED) is 0.454. The van der Waals surface area contributed by atoms with Gasteiger partial charge in [0.15, 0.2) is 5.54 Å². The van der Waals surface area contributed by atoms with Crippen LogP contribution in [0.4, 0.5) is 14.5 Å². The van der Waals surface area contributed by atoms with E-state index in [9.17, 15) is 18.4 Å². The Morgan fingerprint density at radius 1 is 1.17 bits per heavy atom. The number of benzene rings is 1. The van der Waals surface area contributed by atoms with Crippen molar-refractivity contribution in [3.05, 3.63) is 60.8 Å². The summed E-state index contributed by atoms with van der Waals surface area (Å²) in [6.45, 7) is 1.56. The van der Waals surface area contributed by atoms with Crippen LogP contribution in [0.25, 0.3) is 10.4 Å². The number of amides is 2. The summed E-state index contributed by atoms with van der Waals surface area (Å²) in [7, 11) is 0. The molecule has 1 aromatic carbocycles. The third-order valence-electron chi connectivity index (χ3n) is 6.22. The van der Waals surface area contributed by atoms with E-state index in [0.29, 0.717) is 5.69 Å². The van der Waals surface area contributed by atoms with E-state index in [1.807, 2.05) is 18.2 Å². The maximum Gasteiger partial charge on any atom is 0.252 e. The Balaban J connectivity index is 1.72. The van der Waals surface area contributed by atoms with E-state index >= 15 is 0 Å². The molecule has 0 saturated heterocycles. The molecule has 1 unspecified atom stereocenters. The maximum absolute atomic E-state index is 13.8. The van der Waals surface area contributed by atoms with Crippen LogP contribution in [0.2, 0.25) is 0 Å². The minimum absolute atomic E-state index is 0.141. The third kappa shape index (κ3) is 5.33. The normalized spacial score (nSPS) is 17.4. The van der Waals surface area contributed by atoms with E-state index in [1.165, 1.54) is 35.0 Å². The fourth-order valence-corrected chi connectivity index (χ4v) is 4.96. The average molecular weight is 520 g/mol. The summed E-state index contributed by atoms with van der Waals surface area (Å²) in [5.41, 5.74) is -0.0685. The standard InChI is InChI=1S/C24H24ClF2N5O2S/c1-23(20-15-28-12-13-29-20,22(34)31-17-6-9-24(26,27)10-7-17)32(21(33)14-25)18-4-2-16(3-5-18)19-8-11-30-35-19/h2-5,8,11-13,15,17H,6-7,9-10,14H2,1H3,(H,31,34). The van der Waals surface area contributed by atoms with E-state index in [2.05, 4.69) is 19.7 Å². The van der Waals surface area contributed by atoms with E-state index < -0.39 is 29.3 Å². The van der Waals surface area contributed by atoms with E-state index in [4.69, 9.17) is 11.6 Å². The van der Waals surface area contributed by atoms with Gasteiger partial charge >= 0.3 is 0 Å². The molecule has 0 radical (unpaired) electrons. The van der Waals surface area contributed by atoms with Gasteiger partial charge in [0.05, 0.1) is 16.8 Å². The first-order valence-electron chi connectivity index (χ1n) is 11.1. The number of halogens is 3. The van der Waals surface area contributed by atoms with Crippen molar-refractivity contribution in [3.8, 4) is 10.4 Å². The van der Waals surface area contributed by atoms with E-state index in [-0.39, 0.29) is 37.3 Å². The molecule has 0 aliphatic heterocycles. The Morgan fingerprint density at radius 2 is 1.89 bits per heavy atom. The number of hydrogen-bond acceptors (Lipinski definition) is 6. The van der Waals surface area contributed by atoms with Crippen LogP contribution in [0.5, 0.6) is 0 Å². The van der Waals surface area contributed by atoms with Gasteiger partial charge in [-0.25, -0.2) is 13.2 Å². The smallest absolute Gasteiger partial charge is 0.252 e. The largest absolute Gasteiger partial charge is 0.351 e. The molecule has 11 heteroatoms. The lowest BCUT2D eigenvalue weighted by Crippen LogP contribution is -2.59. The Kier molecular flexibility index (Phi) is 7.42. The van der Waals surface area contributed by atoms with Gasteiger partial charge in [-0.05, 0) is 55.1 Å². The van der Waals surface area contributed by atoms with Crippen LogP contribution >= 0.6 is 23.1 Å². The summed E-state index contributed by atoms with van der Waals surface area (Å²) in [6, 6.07) is 8.54. The second-order valence-electron chi connectivity index (χ2n) is 8.55. The first-order valence-corrected chi connectivity index (χ1v) is 12.4. The first-order chi connectivity index (χ1) is 16.7. The summed E-state index contributed by atoms with van der Waals surface area (Å²) in [5, 5.41) is 2.88. The van der Waals surface area contributed by atoms with Gasteiger partial charge in [-0.1, -0.05) is 12.1 Å².